The van der Waals surface area contributed by atoms with Crippen molar-refractivity contribution in [1.29, 1.82) is 0 Å². The summed E-state index contributed by atoms with van der Waals surface area (Å²) in [5.41, 5.74) is 5.47. The number of carbonyl (C=O) groups is 1. The van der Waals surface area contributed by atoms with Crippen LogP contribution in [0.3, 0.4) is 0 Å². The molecule has 0 saturated carbocycles. The first-order valence-electron chi connectivity index (χ1n) is 8.48. The standard InChI is InChI=1S/C19H17FN4O4/c1-19(10-26-9-17(21)23-19)12-7-11(4-5-13(12)20)22-18(25)14-8-16(28-24-14)15-3-2-6-27-15/h2-8H,9-10H2,1H3,(H2,21,23)(H,22,25). The summed E-state index contributed by atoms with van der Waals surface area (Å²) in [6, 6.07) is 9.06. The largest absolute Gasteiger partial charge is 0.461 e. The molecule has 28 heavy (non-hydrogen) atoms. The zero-order valence-electron chi connectivity index (χ0n) is 14.9. The number of furan rings is 1. The number of anilines is 1. The highest BCUT2D eigenvalue weighted by atomic mass is 19.1. The molecule has 9 heteroatoms. The minimum atomic E-state index is -0.979. The van der Waals surface area contributed by atoms with E-state index in [0.29, 0.717) is 17.2 Å². The van der Waals surface area contributed by atoms with E-state index in [1.165, 1.54) is 30.5 Å². The first-order chi connectivity index (χ1) is 13.4. The summed E-state index contributed by atoms with van der Waals surface area (Å²) in [6.07, 6.45) is 1.49. The van der Waals surface area contributed by atoms with E-state index < -0.39 is 17.3 Å². The molecule has 0 bridgehead atoms. The second kappa shape index (κ2) is 6.93. The molecule has 8 nitrogen and oxygen atoms in total. The minimum Gasteiger partial charge on any atom is -0.461 e. The number of halogens is 1. The van der Waals surface area contributed by atoms with E-state index in [-0.39, 0.29) is 30.3 Å². The molecule has 4 rings (SSSR count). The summed E-state index contributed by atoms with van der Waals surface area (Å²) in [7, 11) is 0. The molecule has 1 aliphatic rings. The van der Waals surface area contributed by atoms with E-state index in [1.54, 1.807) is 19.1 Å². The molecule has 1 unspecified atom stereocenters. The number of ether oxygens (including phenoxy) is 1. The van der Waals surface area contributed by atoms with Crippen LogP contribution in [0.5, 0.6) is 0 Å². The molecule has 0 saturated heterocycles. The van der Waals surface area contributed by atoms with Gasteiger partial charge in [-0.3, -0.25) is 9.79 Å². The quantitative estimate of drug-likeness (QED) is 0.714. The summed E-state index contributed by atoms with van der Waals surface area (Å²) in [5.74, 6) is 0.0924. The van der Waals surface area contributed by atoms with Gasteiger partial charge in [0, 0.05) is 17.3 Å². The van der Waals surface area contributed by atoms with Crippen LogP contribution in [0.25, 0.3) is 11.5 Å². The lowest BCUT2D eigenvalue weighted by molar-refractivity contribution is 0.101. The van der Waals surface area contributed by atoms with E-state index in [2.05, 4.69) is 15.5 Å². The number of rotatable bonds is 4. The van der Waals surface area contributed by atoms with Crippen LogP contribution in [0.15, 0.2) is 56.6 Å². The fourth-order valence-electron chi connectivity index (χ4n) is 3.00. The average Bonchev–Trinajstić information content (AvgIpc) is 3.34. The molecule has 3 heterocycles. The van der Waals surface area contributed by atoms with Gasteiger partial charge < -0.3 is 24.7 Å². The number of hydrogen-bond acceptors (Lipinski definition) is 7. The number of nitrogens with two attached hydrogens (primary N) is 1. The van der Waals surface area contributed by atoms with Crippen molar-refractivity contribution in [3.05, 3.63) is 59.7 Å². The predicted octanol–water partition coefficient (Wildman–Crippen LogP) is 2.93. The molecule has 3 N–H and O–H groups in total. The van der Waals surface area contributed by atoms with Crippen LogP contribution in [0, 0.1) is 5.82 Å². The van der Waals surface area contributed by atoms with E-state index in [9.17, 15) is 9.18 Å². The summed E-state index contributed by atoms with van der Waals surface area (Å²) >= 11 is 0. The normalized spacial score (nSPS) is 19.3. The Bertz CT molecular complexity index is 1040. The first kappa shape index (κ1) is 17.9. The van der Waals surface area contributed by atoms with Gasteiger partial charge >= 0.3 is 0 Å². The number of nitrogens with one attached hydrogen (secondary N) is 1. The molecule has 1 aromatic carbocycles. The van der Waals surface area contributed by atoms with Gasteiger partial charge in [-0.1, -0.05) is 5.16 Å². The monoisotopic (exact) mass is 384 g/mol. The maximum absolute atomic E-state index is 14.4. The topological polar surface area (TPSA) is 116 Å². The summed E-state index contributed by atoms with van der Waals surface area (Å²) < 4.78 is 30.2. The van der Waals surface area contributed by atoms with Crippen molar-refractivity contribution in [2.75, 3.05) is 18.5 Å². The van der Waals surface area contributed by atoms with Gasteiger partial charge in [0.05, 0.1) is 12.9 Å². The highest BCUT2D eigenvalue weighted by Gasteiger charge is 2.33. The first-order valence-corrected chi connectivity index (χ1v) is 8.48. The van der Waals surface area contributed by atoms with Crippen molar-refractivity contribution in [3.63, 3.8) is 0 Å². The van der Waals surface area contributed by atoms with Crippen molar-refractivity contribution in [1.82, 2.24) is 5.16 Å². The van der Waals surface area contributed by atoms with Crippen LogP contribution >= 0.6 is 0 Å². The van der Waals surface area contributed by atoms with Gasteiger partial charge in [0.1, 0.15) is 23.8 Å². The average molecular weight is 384 g/mol. The Morgan fingerprint density at radius 3 is 2.89 bits per heavy atom. The van der Waals surface area contributed by atoms with Gasteiger partial charge in [-0.25, -0.2) is 4.39 Å². The smallest absolute Gasteiger partial charge is 0.277 e. The molecule has 1 atom stereocenters. The van der Waals surface area contributed by atoms with E-state index in [0.717, 1.165) is 0 Å². The predicted molar refractivity (Wildman–Crippen MR) is 98.4 cm³/mol. The maximum Gasteiger partial charge on any atom is 0.277 e. The van der Waals surface area contributed by atoms with E-state index in [1.807, 2.05) is 0 Å². The van der Waals surface area contributed by atoms with Crippen molar-refractivity contribution < 1.29 is 22.9 Å². The maximum atomic E-state index is 14.4. The van der Waals surface area contributed by atoms with Gasteiger partial charge in [0.2, 0.25) is 5.76 Å². The SMILES string of the molecule is CC1(c2cc(NC(=O)c3cc(-c4ccco4)on3)ccc2F)COCC(N)=N1. The molecule has 144 valence electrons. The number of hydrogen-bond donors (Lipinski definition) is 2. The third-order valence-electron chi connectivity index (χ3n) is 4.33. The zero-order chi connectivity index (χ0) is 19.7. The Balaban J connectivity index is 1.57. The molecule has 1 aliphatic heterocycles. The van der Waals surface area contributed by atoms with Gasteiger partial charge in [0.25, 0.3) is 5.91 Å². The molecule has 1 amide bonds. The second-order valence-electron chi connectivity index (χ2n) is 6.57. The van der Waals surface area contributed by atoms with Gasteiger partial charge in [-0.05, 0) is 37.3 Å². The number of aliphatic imine (C=N–C) groups is 1. The third-order valence-corrected chi connectivity index (χ3v) is 4.33. The fraction of sp³-hybridized carbons (Fsp3) is 0.211. The Hall–Kier alpha value is -3.46. The third kappa shape index (κ3) is 3.39. The zero-order valence-corrected chi connectivity index (χ0v) is 14.9. The lowest BCUT2D eigenvalue weighted by Gasteiger charge is -2.30. The Labute approximate surface area is 159 Å². The fourth-order valence-corrected chi connectivity index (χ4v) is 3.00. The van der Waals surface area contributed by atoms with Gasteiger partial charge in [-0.2, -0.15) is 0 Å². The van der Waals surface area contributed by atoms with Crippen molar-refractivity contribution in [2.45, 2.75) is 12.5 Å². The number of benzene rings is 1. The van der Waals surface area contributed by atoms with Gasteiger partial charge in [0.15, 0.2) is 11.5 Å². The van der Waals surface area contributed by atoms with Crippen molar-refractivity contribution in [2.24, 2.45) is 10.7 Å². The summed E-state index contributed by atoms with van der Waals surface area (Å²) in [4.78, 5) is 16.8. The summed E-state index contributed by atoms with van der Waals surface area (Å²) in [5, 5.41) is 6.41. The lowest BCUT2D eigenvalue weighted by atomic mass is 9.92. The number of amides is 1. The van der Waals surface area contributed by atoms with Crippen molar-refractivity contribution in [3.8, 4) is 11.5 Å². The Morgan fingerprint density at radius 2 is 2.14 bits per heavy atom. The van der Waals surface area contributed by atoms with Crippen LogP contribution in [-0.4, -0.2) is 30.1 Å². The van der Waals surface area contributed by atoms with Crippen LogP contribution in [0.2, 0.25) is 0 Å². The second-order valence-corrected chi connectivity index (χ2v) is 6.57. The molecular formula is C19H17FN4O4. The molecule has 0 fully saturated rings. The van der Waals surface area contributed by atoms with E-state index >= 15 is 0 Å². The highest BCUT2D eigenvalue weighted by molar-refractivity contribution is 6.03. The molecule has 0 spiro atoms. The highest BCUT2D eigenvalue weighted by Crippen LogP contribution is 2.32. The van der Waals surface area contributed by atoms with Crippen LogP contribution in [0.4, 0.5) is 10.1 Å². The van der Waals surface area contributed by atoms with Crippen LogP contribution < -0.4 is 11.1 Å². The minimum absolute atomic E-state index is 0.0618. The lowest BCUT2D eigenvalue weighted by Crippen LogP contribution is -2.38. The van der Waals surface area contributed by atoms with Crippen molar-refractivity contribution >= 4 is 17.4 Å². The summed E-state index contributed by atoms with van der Waals surface area (Å²) in [6.45, 7) is 2.10. The number of amidine groups is 1. The molecule has 0 radical (unpaired) electrons. The number of nitrogens with zero attached hydrogens (tertiary/aromatic N) is 2. The molecule has 2 aromatic heterocycles. The number of carbonyl (C=O) groups excluding carboxylic acids is 1. The Kier molecular flexibility index (Phi) is 4.44. The molecule has 0 aliphatic carbocycles. The number of aromatic nitrogens is 1. The van der Waals surface area contributed by atoms with Gasteiger partial charge in [-0.15, -0.1) is 0 Å². The molecular weight excluding hydrogens is 367 g/mol. The van der Waals surface area contributed by atoms with Crippen LogP contribution in [0.1, 0.15) is 23.0 Å². The Morgan fingerprint density at radius 1 is 1.29 bits per heavy atom. The van der Waals surface area contributed by atoms with Crippen LogP contribution in [-0.2, 0) is 10.3 Å². The van der Waals surface area contributed by atoms with E-state index in [4.69, 9.17) is 19.4 Å². The molecule has 3 aromatic rings.